The normalized spacial score (nSPS) is 10.4. The van der Waals surface area contributed by atoms with Crippen LogP contribution < -0.4 is 4.74 Å². The van der Waals surface area contributed by atoms with Crippen LogP contribution in [0.2, 0.25) is 0 Å². The Morgan fingerprint density at radius 2 is 2.17 bits per heavy atom. The molecule has 0 atom stereocenters. The molecule has 0 radical (unpaired) electrons. The van der Waals surface area contributed by atoms with E-state index in [0.717, 1.165) is 5.56 Å². The smallest absolute Gasteiger partial charge is 0.223 e. The third kappa shape index (κ3) is 2.74. The Kier molecular flexibility index (Phi) is 3.41. The third-order valence-electron chi connectivity index (χ3n) is 2.44. The number of carbonyl (C=O) groups is 1. The highest BCUT2D eigenvalue weighted by atomic mass is 16.5. The number of rotatable bonds is 4. The molecule has 0 fully saturated rings. The lowest BCUT2D eigenvalue weighted by Crippen LogP contribution is -2.03. The Balaban J connectivity index is 2.16. The molecule has 0 N–H and O–H groups in total. The molecule has 5 heteroatoms. The summed E-state index contributed by atoms with van der Waals surface area (Å²) < 4.78 is 10.4. The van der Waals surface area contributed by atoms with Gasteiger partial charge in [0, 0.05) is 6.92 Å². The lowest BCUT2D eigenvalue weighted by atomic mass is 10.1. The molecule has 0 saturated heterocycles. The minimum absolute atomic E-state index is 0.0296. The summed E-state index contributed by atoms with van der Waals surface area (Å²) in [4.78, 5) is 15.5. The number of hydrogen-bond donors (Lipinski definition) is 0. The Labute approximate surface area is 105 Å². The largest absolute Gasteiger partial charge is 0.485 e. The van der Waals surface area contributed by atoms with Gasteiger partial charge in [-0.3, -0.25) is 4.79 Å². The second-order valence-electron chi connectivity index (χ2n) is 4.07. The van der Waals surface area contributed by atoms with E-state index in [2.05, 4.69) is 10.1 Å². The van der Waals surface area contributed by atoms with E-state index in [1.54, 1.807) is 19.1 Å². The van der Waals surface area contributed by atoms with Gasteiger partial charge in [0.05, 0.1) is 5.56 Å². The van der Waals surface area contributed by atoms with Crippen LogP contribution in [0.5, 0.6) is 5.75 Å². The summed E-state index contributed by atoms with van der Waals surface area (Å²) >= 11 is 0. The van der Waals surface area contributed by atoms with Gasteiger partial charge in [0.25, 0.3) is 0 Å². The van der Waals surface area contributed by atoms with Gasteiger partial charge in [-0.15, -0.1) is 0 Å². The molecular weight excluding hydrogens is 232 g/mol. The summed E-state index contributed by atoms with van der Waals surface area (Å²) in [5.41, 5.74) is 1.58. The van der Waals surface area contributed by atoms with Crippen molar-refractivity contribution in [3.63, 3.8) is 0 Å². The molecule has 1 heterocycles. The predicted molar refractivity (Wildman–Crippen MR) is 64.6 cm³/mol. The monoisotopic (exact) mass is 246 g/mol. The van der Waals surface area contributed by atoms with Gasteiger partial charge in [0.2, 0.25) is 11.7 Å². The molecule has 18 heavy (non-hydrogen) atoms. The van der Waals surface area contributed by atoms with Gasteiger partial charge in [-0.1, -0.05) is 16.8 Å². The van der Waals surface area contributed by atoms with Crippen LogP contribution in [0.4, 0.5) is 0 Å². The van der Waals surface area contributed by atoms with Crippen LogP contribution >= 0.6 is 0 Å². The first-order valence-electron chi connectivity index (χ1n) is 5.60. The molecule has 2 aromatic rings. The first-order chi connectivity index (χ1) is 8.56. The summed E-state index contributed by atoms with van der Waals surface area (Å²) in [6.45, 7) is 5.34. The fourth-order valence-electron chi connectivity index (χ4n) is 1.59. The summed E-state index contributed by atoms with van der Waals surface area (Å²) in [5.74, 6) is 1.46. The Morgan fingerprint density at radius 3 is 2.78 bits per heavy atom. The van der Waals surface area contributed by atoms with E-state index in [9.17, 15) is 4.79 Å². The Morgan fingerprint density at radius 1 is 1.39 bits per heavy atom. The van der Waals surface area contributed by atoms with E-state index < -0.39 is 0 Å². The number of hydrogen-bond acceptors (Lipinski definition) is 5. The van der Waals surface area contributed by atoms with Gasteiger partial charge >= 0.3 is 0 Å². The van der Waals surface area contributed by atoms with Gasteiger partial charge in [-0.05, 0) is 26.0 Å². The van der Waals surface area contributed by atoms with E-state index in [1.165, 1.54) is 6.92 Å². The molecule has 0 saturated carbocycles. The summed E-state index contributed by atoms with van der Waals surface area (Å²) in [6.07, 6.45) is 0. The van der Waals surface area contributed by atoms with Crippen molar-refractivity contribution in [2.75, 3.05) is 0 Å². The van der Waals surface area contributed by atoms with Gasteiger partial charge in [0.15, 0.2) is 12.4 Å². The number of benzene rings is 1. The Bertz CT molecular complexity index is 575. The molecule has 2 rings (SSSR count). The molecular formula is C13H14N2O3. The molecule has 0 amide bonds. The number of ether oxygens (including phenoxy) is 1. The lowest BCUT2D eigenvalue weighted by Gasteiger charge is -2.08. The zero-order valence-corrected chi connectivity index (χ0v) is 10.6. The van der Waals surface area contributed by atoms with Gasteiger partial charge in [0.1, 0.15) is 5.75 Å². The van der Waals surface area contributed by atoms with E-state index in [4.69, 9.17) is 9.26 Å². The van der Waals surface area contributed by atoms with Crippen molar-refractivity contribution in [1.82, 2.24) is 10.1 Å². The number of carbonyl (C=O) groups excluding carboxylic acids is 1. The van der Waals surface area contributed by atoms with Crippen LogP contribution in [0.3, 0.4) is 0 Å². The fourth-order valence-corrected chi connectivity index (χ4v) is 1.59. The molecule has 0 unspecified atom stereocenters. The molecule has 0 bridgehead atoms. The first kappa shape index (κ1) is 12.3. The molecule has 94 valence electrons. The van der Waals surface area contributed by atoms with Gasteiger partial charge in [-0.25, -0.2) is 0 Å². The number of Topliss-reactive ketones (excluding diaryl/α,β-unsaturated/α-hetero) is 1. The standard InChI is InChI=1S/C13H14N2O3/c1-8-4-5-12(11(6-8)9(2)16)17-7-13-14-10(3)18-15-13/h4-6H,7H2,1-3H3. The summed E-state index contributed by atoms with van der Waals surface area (Å²) in [7, 11) is 0. The molecule has 1 aromatic carbocycles. The molecule has 1 aromatic heterocycles. The van der Waals surface area contributed by atoms with Crippen molar-refractivity contribution in [2.45, 2.75) is 27.4 Å². The van der Waals surface area contributed by atoms with E-state index in [-0.39, 0.29) is 12.4 Å². The third-order valence-corrected chi connectivity index (χ3v) is 2.44. The van der Waals surface area contributed by atoms with Crippen LogP contribution in [0.15, 0.2) is 22.7 Å². The van der Waals surface area contributed by atoms with Gasteiger partial charge in [-0.2, -0.15) is 4.98 Å². The molecule has 0 aliphatic rings. The van der Waals surface area contributed by atoms with Gasteiger partial charge < -0.3 is 9.26 Å². The first-order valence-corrected chi connectivity index (χ1v) is 5.60. The van der Waals surface area contributed by atoms with Crippen molar-refractivity contribution < 1.29 is 14.1 Å². The molecule has 0 aliphatic heterocycles. The quantitative estimate of drug-likeness (QED) is 0.775. The van der Waals surface area contributed by atoms with E-state index in [0.29, 0.717) is 23.0 Å². The highest BCUT2D eigenvalue weighted by Crippen LogP contribution is 2.21. The highest BCUT2D eigenvalue weighted by Gasteiger charge is 2.10. The molecule has 0 aliphatic carbocycles. The maximum absolute atomic E-state index is 11.5. The second-order valence-corrected chi connectivity index (χ2v) is 4.07. The summed E-state index contributed by atoms with van der Waals surface area (Å²) in [6, 6.07) is 5.47. The van der Waals surface area contributed by atoms with E-state index in [1.807, 2.05) is 13.0 Å². The highest BCUT2D eigenvalue weighted by molar-refractivity contribution is 5.97. The average Bonchev–Trinajstić information content (AvgIpc) is 2.73. The predicted octanol–water partition coefficient (Wildman–Crippen LogP) is 2.47. The minimum Gasteiger partial charge on any atom is -0.485 e. The van der Waals surface area contributed by atoms with Crippen LogP contribution in [0.25, 0.3) is 0 Å². The number of aryl methyl sites for hydroxylation is 2. The number of nitrogens with zero attached hydrogens (tertiary/aromatic N) is 2. The summed E-state index contributed by atoms with van der Waals surface area (Å²) in [5, 5.41) is 3.73. The Hall–Kier alpha value is -2.17. The maximum atomic E-state index is 11.5. The van der Waals surface area contributed by atoms with Crippen LogP contribution in [-0.2, 0) is 6.61 Å². The van der Waals surface area contributed by atoms with Crippen LogP contribution in [0.1, 0.15) is 34.6 Å². The van der Waals surface area contributed by atoms with Crippen LogP contribution in [0, 0.1) is 13.8 Å². The zero-order chi connectivity index (χ0) is 13.1. The molecule has 5 nitrogen and oxygen atoms in total. The fraction of sp³-hybridized carbons (Fsp3) is 0.308. The van der Waals surface area contributed by atoms with Crippen molar-refractivity contribution in [3.05, 3.63) is 41.0 Å². The van der Waals surface area contributed by atoms with Crippen LogP contribution in [-0.4, -0.2) is 15.9 Å². The van der Waals surface area contributed by atoms with E-state index >= 15 is 0 Å². The maximum Gasteiger partial charge on any atom is 0.223 e. The molecule has 0 spiro atoms. The van der Waals surface area contributed by atoms with Crippen molar-refractivity contribution in [3.8, 4) is 5.75 Å². The average molecular weight is 246 g/mol. The second kappa shape index (κ2) is 5.00. The van der Waals surface area contributed by atoms with Crippen molar-refractivity contribution >= 4 is 5.78 Å². The number of aromatic nitrogens is 2. The SMILES string of the molecule is CC(=O)c1cc(C)ccc1OCc1noc(C)n1. The van der Waals surface area contributed by atoms with Crippen molar-refractivity contribution in [1.29, 1.82) is 0 Å². The number of ketones is 1. The van der Waals surface area contributed by atoms with Crippen molar-refractivity contribution in [2.24, 2.45) is 0 Å². The zero-order valence-electron chi connectivity index (χ0n) is 10.6. The lowest BCUT2D eigenvalue weighted by molar-refractivity contribution is 0.101. The topological polar surface area (TPSA) is 65.2 Å². The minimum atomic E-state index is -0.0296.